The molecule has 1 aromatic heterocycles. The lowest BCUT2D eigenvalue weighted by Crippen LogP contribution is -2.32. The quantitative estimate of drug-likeness (QED) is 0.872. The molecule has 134 valence electrons. The van der Waals surface area contributed by atoms with E-state index in [1.807, 2.05) is 39.8 Å². The second kappa shape index (κ2) is 7.96. The Morgan fingerprint density at radius 3 is 2.44 bits per heavy atom. The Morgan fingerprint density at radius 2 is 1.84 bits per heavy atom. The van der Waals surface area contributed by atoms with Crippen molar-refractivity contribution in [3.8, 4) is 5.75 Å². The van der Waals surface area contributed by atoms with Crippen molar-refractivity contribution in [1.29, 1.82) is 0 Å². The minimum Gasteiger partial charge on any atom is -0.487 e. The van der Waals surface area contributed by atoms with E-state index in [2.05, 4.69) is 16.0 Å². The van der Waals surface area contributed by atoms with Crippen LogP contribution in [0.3, 0.4) is 0 Å². The first-order valence-corrected chi connectivity index (χ1v) is 8.49. The normalized spacial score (nSPS) is 10.6. The van der Waals surface area contributed by atoms with Crippen molar-refractivity contribution in [1.82, 2.24) is 14.9 Å². The number of hydrogen-bond donors (Lipinski definition) is 1. The van der Waals surface area contributed by atoms with Gasteiger partial charge in [-0.15, -0.1) is 0 Å². The Labute approximate surface area is 149 Å². The van der Waals surface area contributed by atoms with Gasteiger partial charge in [0.15, 0.2) is 0 Å². The van der Waals surface area contributed by atoms with E-state index < -0.39 is 0 Å². The van der Waals surface area contributed by atoms with Crippen molar-refractivity contribution >= 4 is 11.9 Å². The third-order valence-electron chi connectivity index (χ3n) is 4.14. The van der Waals surface area contributed by atoms with Crippen LogP contribution in [0.1, 0.15) is 46.7 Å². The molecule has 0 atom stereocenters. The molecule has 0 saturated carbocycles. The van der Waals surface area contributed by atoms with Gasteiger partial charge in [0.1, 0.15) is 12.4 Å². The number of nitrogen functional groups attached to an aromatic ring is 1. The van der Waals surface area contributed by atoms with Crippen LogP contribution in [0.5, 0.6) is 5.75 Å². The van der Waals surface area contributed by atoms with E-state index in [4.69, 9.17) is 10.5 Å². The first kappa shape index (κ1) is 18.7. The fraction of sp³-hybridized carbons (Fsp3) is 0.421. The van der Waals surface area contributed by atoms with Crippen LogP contribution in [0.2, 0.25) is 0 Å². The molecule has 0 aliphatic rings. The van der Waals surface area contributed by atoms with E-state index in [-0.39, 0.29) is 18.5 Å². The van der Waals surface area contributed by atoms with Gasteiger partial charge in [-0.3, -0.25) is 4.79 Å². The van der Waals surface area contributed by atoms with Crippen LogP contribution in [-0.2, 0) is 6.61 Å². The number of aryl methyl sites for hydroxylation is 3. The number of carbonyl (C=O) groups is 1. The summed E-state index contributed by atoms with van der Waals surface area (Å²) in [5.74, 6) is 0.816. The number of amides is 1. The minimum absolute atomic E-state index is 0.0956. The number of ether oxygens (including phenoxy) is 1. The van der Waals surface area contributed by atoms with Crippen LogP contribution in [0.25, 0.3) is 0 Å². The lowest BCUT2D eigenvalue weighted by Gasteiger charge is -2.21. The Kier molecular flexibility index (Phi) is 5.96. The van der Waals surface area contributed by atoms with Gasteiger partial charge in [-0.2, -0.15) is 0 Å². The molecular weight excluding hydrogens is 316 g/mol. The van der Waals surface area contributed by atoms with E-state index >= 15 is 0 Å². The monoisotopic (exact) mass is 342 g/mol. The van der Waals surface area contributed by atoms with Crippen molar-refractivity contribution in [2.24, 2.45) is 0 Å². The van der Waals surface area contributed by atoms with Crippen molar-refractivity contribution in [3.63, 3.8) is 0 Å². The molecule has 0 spiro atoms. The molecule has 0 unspecified atom stereocenters. The number of rotatable bonds is 6. The summed E-state index contributed by atoms with van der Waals surface area (Å²) < 4.78 is 5.91. The average Bonchev–Trinajstić information content (AvgIpc) is 2.54. The fourth-order valence-corrected chi connectivity index (χ4v) is 2.81. The van der Waals surface area contributed by atoms with Crippen LogP contribution < -0.4 is 10.5 Å². The predicted molar refractivity (Wildman–Crippen MR) is 98.7 cm³/mol. The Hall–Kier alpha value is -2.63. The van der Waals surface area contributed by atoms with E-state index in [0.29, 0.717) is 30.0 Å². The van der Waals surface area contributed by atoms with Gasteiger partial charge in [0.05, 0.1) is 17.0 Å². The van der Waals surface area contributed by atoms with Gasteiger partial charge in [0.2, 0.25) is 5.95 Å². The van der Waals surface area contributed by atoms with Crippen molar-refractivity contribution in [3.05, 3.63) is 46.3 Å². The molecule has 0 aliphatic heterocycles. The van der Waals surface area contributed by atoms with Crippen LogP contribution >= 0.6 is 0 Å². The van der Waals surface area contributed by atoms with Gasteiger partial charge in [-0.25, -0.2) is 9.97 Å². The maximum absolute atomic E-state index is 12.8. The molecule has 0 saturated heterocycles. The summed E-state index contributed by atoms with van der Waals surface area (Å²) in [7, 11) is 0. The van der Waals surface area contributed by atoms with Crippen molar-refractivity contribution in [2.75, 3.05) is 18.8 Å². The lowest BCUT2D eigenvalue weighted by molar-refractivity contribution is 0.0768. The molecule has 1 heterocycles. The molecular formula is C19H26N4O2. The van der Waals surface area contributed by atoms with Crippen LogP contribution in [0.15, 0.2) is 18.2 Å². The number of nitrogens with two attached hydrogens (primary N) is 1. The zero-order chi connectivity index (χ0) is 18.6. The molecule has 6 heteroatoms. The van der Waals surface area contributed by atoms with Gasteiger partial charge in [0, 0.05) is 13.1 Å². The summed E-state index contributed by atoms with van der Waals surface area (Å²) in [6.07, 6.45) is 0. The summed E-state index contributed by atoms with van der Waals surface area (Å²) in [6.45, 7) is 11.1. The van der Waals surface area contributed by atoms with Crippen LogP contribution in [0, 0.1) is 20.8 Å². The molecule has 2 rings (SSSR count). The van der Waals surface area contributed by atoms with Gasteiger partial charge in [-0.1, -0.05) is 17.7 Å². The highest BCUT2D eigenvalue weighted by atomic mass is 16.5. The third-order valence-corrected chi connectivity index (χ3v) is 4.14. The highest BCUT2D eigenvalue weighted by Gasteiger charge is 2.22. The van der Waals surface area contributed by atoms with Gasteiger partial charge >= 0.3 is 0 Å². The van der Waals surface area contributed by atoms with E-state index in [9.17, 15) is 4.79 Å². The maximum atomic E-state index is 12.8. The molecule has 0 aliphatic carbocycles. The summed E-state index contributed by atoms with van der Waals surface area (Å²) in [4.78, 5) is 23.0. The number of aromatic nitrogens is 2. The second-order valence-electron chi connectivity index (χ2n) is 6.02. The van der Waals surface area contributed by atoms with E-state index in [1.54, 1.807) is 11.8 Å². The van der Waals surface area contributed by atoms with Crippen LogP contribution in [0.4, 0.5) is 5.95 Å². The van der Waals surface area contributed by atoms with E-state index in [0.717, 1.165) is 11.3 Å². The van der Waals surface area contributed by atoms with Crippen molar-refractivity contribution in [2.45, 2.75) is 41.2 Å². The second-order valence-corrected chi connectivity index (χ2v) is 6.02. The smallest absolute Gasteiger partial charge is 0.257 e. The largest absolute Gasteiger partial charge is 0.487 e. The molecule has 1 aromatic carbocycles. The first-order valence-electron chi connectivity index (χ1n) is 8.49. The first-order chi connectivity index (χ1) is 11.9. The van der Waals surface area contributed by atoms with Crippen LogP contribution in [-0.4, -0.2) is 33.9 Å². The summed E-state index contributed by atoms with van der Waals surface area (Å²) >= 11 is 0. The van der Waals surface area contributed by atoms with Gasteiger partial charge in [-0.05, 0) is 46.2 Å². The zero-order valence-electron chi connectivity index (χ0n) is 15.6. The van der Waals surface area contributed by atoms with Gasteiger partial charge in [0.25, 0.3) is 5.91 Å². The Balaban J connectivity index is 2.34. The average molecular weight is 342 g/mol. The highest BCUT2D eigenvalue weighted by Crippen LogP contribution is 2.22. The Bertz CT molecular complexity index is 770. The highest BCUT2D eigenvalue weighted by molar-refractivity contribution is 5.96. The third kappa shape index (κ3) is 4.26. The van der Waals surface area contributed by atoms with Crippen molar-refractivity contribution < 1.29 is 9.53 Å². The molecule has 6 nitrogen and oxygen atoms in total. The fourth-order valence-electron chi connectivity index (χ4n) is 2.81. The molecule has 0 bridgehead atoms. The lowest BCUT2D eigenvalue weighted by atomic mass is 10.1. The SMILES string of the molecule is CCN(CC)C(=O)c1c(C)nc(N)nc1COc1ccc(C)cc1C. The number of carbonyl (C=O) groups excluding carboxylic acids is 1. The number of anilines is 1. The molecule has 0 fully saturated rings. The zero-order valence-corrected chi connectivity index (χ0v) is 15.6. The molecule has 2 aromatic rings. The Morgan fingerprint density at radius 1 is 1.16 bits per heavy atom. The summed E-state index contributed by atoms with van der Waals surface area (Å²) in [6, 6.07) is 5.97. The number of hydrogen-bond acceptors (Lipinski definition) is 5. The molecule has 1 amide bonds. The molecule has 25 heavy (non-hydrogen) atoms. The molecule has 2 N–H and O–H groups in total. The number of nitrogens with zero attached hydrogens (tertiary/aromatic N) is 3. The predicted octanol–water partition coefficient (Wildman–Crippen LogP) is 3.05. The van der Waals surface area contributed by atoms with E-state index in [1.165, 1.54) is 5.56 Å². The minimum atomic E-state index is -0.0956. The summed E-state index contributed by atoms with van der Waals surface area (Å²) in [5.41, 5.74) is 9.56. The number of benzene rings is 1. The topological polar surface area (TPSA) is 81.3 Å². The standard InChI is InChI=1S/C19H26N4O2/c1-6-23(7-2)18(24)17-14(5)21-19(20)22-15(17)11-25-16-9-8-12(3)10-13(16)4/h8-10H,6-7,11H2,1-5H3,(H2,20,21,22). The maximum Gasteiger partial charge on any atom is 0.257 e. The molecule has 0 radical (unpaired) electrons. The summed E-state index contributed by atoms with van der Waals surface area (Å²) in [5, 5.41) is 0. The van der Waals surface area contributed by atoms with Gasteiger partial charge < -0.3 is 15.4 Å².